The third-order valence-electron chi connectivity index (χ3n) is 16.8. The van der Waals surface area contributed by atoms with Gasteiger partial charge in [0.15, 0.2) is 18.1 Å². The van der Waals surface area contributed by atoms with E-state index in [1.807, 2.05) is 13.0 Å². The number of carbonyl (C=O) groups excluding carboxylic acids is 2. The molecule has 5 aliphatic carbocycles. The Balaban J connectivity index is 1.26. The van der Waals surface area contributed by atoms with Crippen molar-refractivity contribution in [3.8, 4) is 0 Å². The Bertz CT molecular complexity index is 1580. The molecule has 0 bridgehead atoms. The lowest BCUT2D eigenvalue weighted by molar-refractivity contribution is -0.322. The van der Waals surface area contributed by atoms with Gasteiger partial charge in [0.25, 0.3) is 0 Å². The number of allylic oxidation sites excluding steroid dienone is 2. The molecule has 0 spiro atoms. The standard InChI is InChI=1S/C41H64N2O11/c1-22(44)42(18-19-43(53-9)33-30(48)28(46)29(47)31(54-33)34(49)50)27-11-12-39(6)26(36(27,2)3)10-13-41(8)32(39)25(45)20-23-24-21-38(5,35(51)52)15-14-37(24,4)16-17-40(23,41)7/h20,24,26-33,46-48H,10-19,21H2,1-9H3,(H,49,50)(H,51,52)/t24?,26?,27-,28-,29-,30+,31-,32+,33+,37+,38-,39?,40+,41+/m0/s1. The molecular weight excluding hydrogens is 696 g/mol. The normalized spacial score (nSPS) is 47.0. The monoisotopic (exact) mass is 760 g/mol. The Kier molecular flexibility index (Phi) is 10.4. The molecular formula is C41H64N2O11. The van der Waals surface area contributed by atoms with Crippen molar-refractivity contribution in [2.75, 3.05) is 20.2 Å². The van der Waals surface area contributed by atoms with Gasteiger partial charge in [-0.15, -0.1) is 0 Å². The number of rotatable bonds is 8. The average molecular weight is 761 g/mol. The van der Waals surface area contributed by atoms with E-state index in [1.165, 1.54) is 24.7 Å². The number of nitrogens with zero attached hydrogens (tertiary/aromatic N) is 2. The second kappa shape index (κ2) is 13.6. The summed E-state index contributed by atoms with van der Waals surface area (Å²) in [4.78, 5) is 59.8. The lowest BCUT2D eigenvalue weighted by atomic mass is 9.33. The molecule has 6 rings (SSSR count). The van der Waals surface area contributed by atoms with Crippen molar-refractivity contribution in [2.45, 2.75) is 150 Å². The average Bonchev–Trinajstić information content (AvgIpc) is 3.08. The first kappa shape index (κ1) is 41.2. The fraction of sp³-hybridized carbons (Fsp3) is 0.854. The molecule has 0 aromatic carbocycles. The van der Waals surface area contributed by atoms with Gasteiger partial charge in [0.2, 0.25) is 5.91 Å². The van der Waals surface area contributed by atoms with Gasteiger partial charge in [0.1, 0.15) is 18.3 Å². The minimum atomic E-state index is -1.84. The zero-order valence-electron chi connectivity index (χ0n) is 33.6. The van der Waals surface area contributed by atoms with E-state index in [0.29, 0.717) is 19.3 Å². The number of aliphatic hydroxyl groups excluding tert-OH is 3. The number of hydroxylamine groups is 2. The smallest absolute Gasteiger partial charge is 0.335 e. The number of hydrogen-bond acceptors (Lipinski definition) is 10. The Morgan fingerprint density at radius 2 is 1.52 bits per heavy atom. The Morgan fingerprint density at radius 1 is 0.870 bits per heavy atom. The van der Waals surface area contributed by atoms with Crippen molar-refractivity contribution in [2.24, 2.45) is 50.2 Å². The van der Waals surface area contributed by atoms with E-state index in [2.05, 4.69) is 41.5 Å². The van der Waals surface area contributed by atoms with E-state index in [9.17, 15) is 44.7 Å². The lowest BCUT2D eigenvalue weighted by Gasteiger charge is -2.71. The number of carboxylic acids is 2. The van der Waals surface area contributed by atoms with E-state index in [4.69, 9.17) is 9.57 Å². The van der Waals surface area contributed by atoms with Crippen molar-refractivity contribution in [1.82, 2.24) is 9.96 Å². The molecule has 1 heterocycles. The summed E-state index contributed by atoms with van der Waals surface area (Å²) < 4.78 is 5.51. The molecule has 13 nitrogen and oxygen atoms in total. The Hall–Kier alpha value is -2.42. The first-order valence-corrected chi connectivity index (χ1v) is 19.9. The van der Waals surface area contributed by atoms with Gasteiger partial charge >= 0.3 is 11.9 Å². The molecule has 3 unspecified atom stereocenters. The van der Waals surface area contributed by atoms with Crippen LogP contribution in [0.2, 0.25) is 0 Å². The van der Waals surface area contributed by atoms with Crippen LogP contribution in [0.15, 0.2) is 11.6 Å². The summed E-state index contributed by atoms with van der Waals surface area (Å²) in [6.45, 7) is 17.2. The maximum atomic E-state index is 14.8. The summed E-state index contributed by atoms with van der Waals surface area (Å²) in [5.41, 5.74) is -0.972. The number of hydrogen-bond donors (Lipinski definition) is 5. The number of carbonyl (C=O) groups is 4. The van der Waals surface area contributed by atoms with Gasteiger partial charge in [-0.3, -0.25) is 19.2 Å². The highest BCUT2D eigenvalue weighted by molar-refractivity contribution is 5.95. The zero-order chi connectivity index (χ0) is 40.1. The van der Waals surface area contributed by atoms with Gasteiger partial charge in [-0.1, -0.05) is 47.1 Å². The maximum Gasteiger partial charge on any atom is 0.335 e. The molecule has 304 valence electrons. The number of aliphatic hydroxyl groups is 3. The number of amides is 1. The molecule has 1 amide bonds. The molecule has 14 atom stereocenters. The molecule has 5 N–H and O–H groups in total. The van der Waals surface area contributed by atoms with E-state index < -0.39 is 53.4 Å². The van der Waals surface area contributed by atoms with Crippen LogP contribution in [0.1, 0.15) is 113 Å². The summed E-state index contributed by atoms with van der Waals surface area (Å²) in [6.07, 6.45) is 0.610. The van der Waals surface area contributed by atoms with Crippen LogP contribution in [-0.2, 0) is 28.8 Å². The zero-order valence-corrected chi connectivity index (χ0v) is 33.6. The summed E-state index contributed by atoms with van der Waals surface area (Å²) in [7, 11) is 1.32. The topological polar surface area (TPSA) is 194 Å². The van der Waals surface area contributed by atoms with Crippen molar-refractivity contribution in [1.29, 1.82) is 0 Å². The summed E-state index contributed by atoms with van der Waals surface area (Å²) in [5, 5.41) is 52.3. The summed E-state index contributed by atoms with van der Waals surface area (Å²) in [5.74, 6) is -2.31. The second-order valence-electron chi connectivity index (χ2n) is 19.7. The second-order valence-corrected chi connectivity index (χ2v) is 19.7. The highest BCUT2D eigenvalue weighted by atomic mass is 16.7. The molecule has 1 saturated heterocycles. The highest BCUT2D eigenvalue weighted by Crippen LogP contribution is 2.75. The van der Waals surface area contributed by atoms with Gasteiger partial charge in [0, 0.05) is 32.0 Å². The minimum absolute atomic E-state index is 0.0214. The van der Waals surface area contributed by atoms with E-state index in [0.717, 1.165) is 38.5 Å². The van der Waals surface area contributed by atoms with Crippen molar-refractivity contribution in [3.63, 3.8) is 0 Å². The number of fused-ring (bicyclic) bond motifs is 7. The lowest BCUT2D eigenvalue weighted by Crippen LogP contribution is -2.68. The summed E-state index contributed by atoms with van der Waals surface area (Å²) >= 11 is 0. The summed E-state index contributed by atoms with van der Waals surface area (Å²) in [6, 6.07) is -0.195. The Morgan fingerprint density at radius 3 is 2.11 bits per heavy atom. The number of ether oxygens (including phenoxy) is 1. The minimum Gasteiger partial charge on any atom is -0.481 e. The van der Waals surface area contributed by atoms with Crippen molar-refractivity contribution >= 4 is 23.6 Å². The maximum absolute atomic E-state index is 14.8. The predicted molar refractivity (Wildman–Crippen MR) is 196 cm³/mol. The Labute approximate surface area is 319 Å². The van der Waals surface area contributed by atoms with Crippen molar-refractivity contribution < 1.29 is 54.3 Å². The quantitative estimate of drug-likeness (QED) is 0.224. The van der Waals surface area contributed by atoms with Gasteiger partial charge in [-0.2, -0.15) is 5.06 Å². The fourth-order valence-corrected chi connectivity index (χ4v) is 13.3. The van der Waals surface area contributed by atoms with Crippen LogP contribution in [0.25, 0.3) is 0 Å². The first-order valence-electron chi connectivity index (χ1n) is 19.9. The van der Waals surface area contributed by atoms with Gasteiger partial charge < -0.3 is 35.2 Å². The molecule has 0 aromatic heterocycles. The molecule has 0 radical (unpaired) electrons. The van der Waals surface area contributed by atoms with Crippen LogP contribution in [-0.4, -0.2) is 116 Å². The van der Waals surface area contributed by atoms with Crippen LogP contribution in [0.3, 0.4) is 0 Å². The molecule has 13 heteroatoms. The van der Waals surface area contributed by atoms with E-state index >= 15 is 0 Å². The van der Waals surface area contributed by atoms with Crippen LogP contribution < -0.4 is 0 Å². The first-order chi connectivity index (χ1) is 24.9. The van der Waals surface area contributed by atoms with E-state index in [-0.39, 0.29) is 70.2 Å². The third-order valence-corrected chi connectivity index (χ3v) is 16.8. The molecule has 6 aliphatic rings. The third kappa shape index (κ3) is 5.92. The number of carboxylic acid groups (broad SMARTS) is 2. The highest BCUT2D eigenvalue weighted by Gasteiger charge is 2.70. The molecule has 4 saturated carbocycles. The van der Waals surface area contributed by atoms with Crippen LogP contribution >= 0.6 is 0 Å². The van der Waals surface area contributed by atoms with Gasteiger partial charge in [-0.25, -0.2) is 4.79 Å². The van der Waals surface area contributed by atoms with Crippen LogP contribution in [0.5, 0.6) is 0 Å². The van der Waals surface area contributed by atoms with E-state index in [1.54, 1.807) is 4.90 Å². The molecule has 5 fully saturated rings. The largest absolute Gasteiger partial charge is 0.481 e. The molecule has 54 heavy (non-hydrogen) atoms. The van der Waals surface area contributed by atoms with Crippen LogP contribution in [0.4, 0.5) is 0 Å². The van der Waals surface area contributed by atoms with Crippen LogP contribution in [0, 0.1) is 50.2 Å². The SMILES string of the molecule is CON(CCN(C(C)=O)[C@H]1CCC2(C)C(CC[C@]3(C)[C@@H]2C(=O)C=C2C4C[C@@](C)(C(=O)O)CC[C@]4(C)CC[C@]23C)C1(C)C)[C@@H]1O[C@H](C(=O)O)[C@@H](O)[C@H](O)[C@H]1O. The van der Waals surface area contributed by atoms with Gasteiger partial charge in [0.05, 0.1) is 12.5 Å². The predicted octanol–water partition coefficient (Wildman–Crippen LogP) is 4.02. The molecule has 1 aliphatic heterocycles. The fourth-order valence-electron chi connectivity index (χ4n) is 13.3. The number of ketones is 1. The van der Waals surface area contributed by atoms with Crippen molar-refractivity contribution in [3.05, 3.63) is 11.6 Å². The molecule has 0 aromatic rings. The number of aliphatic carboxylic acids is 2. The van der Waals surface area contributed by atoms with Gasteiger partial charge in [-0.05, 0) is 110 Å².